The van der Waals surface area contributed by atoms with Crippen molar-refractivity contribution in [3.05, 3.63) is 77.3 Å². The third-order valence-corrected chi connectivity index (χ3v) is 7.62. The number of hydrogen-bond donors (Lipinski definition) is 3. The number of rotatable bonds is 7. The Labute approximate surface area is 246 Å². The summed E-state index contributed by atoms with van der Waals surface area (Å²) in [5.41, 5.74) is 3.15. The molecule has 4 heterocycles. The first-order valence-electron chi connectivity index (χ1n) is 12.8. The van der Waals surface area contributed by atoms with Crippen molar-refractivity contribution in [3.8, 4) is 0 Å². The van der Waals surface area contributed by atoms with Crippen molar-refractivity contribution in [2.45, 2.75) is 31.1 Å². The second-order valence-electron chi connectivity index (χ2n) is 9.63. The molecule has 1 saturated heterocycles. The smallest absolute Gasteiger partial charge is 0.411 e. The van der Waals surface area contributed by atoms with Gasteiger partial charge in [-0.1, -0.05) is 12.1 Å². The van der Waals surface area contributed by atoms with Gasteiger partial charge in [-0.05, 0) is 45.8 Å². The standard InChI is InChI=1S/C27H24BrFN8O5/c1-36(10-14-3-2-4-15(29)9-14)24-21-25(33-12-32-24)37(13-34-21)26-23(39)22(38)18(42-26)11-41-27(40)35-16-5-6-17-20(19(16)28)31-8-7-30-17/h2-9,12-13,18,22-23,26,38-39H,10-11H2,1H3,(H,35,40)/t18-,22-,23-,26-/m1/s1. The maximum atomic E-state index is 13.7. The van der Waals surface area contributed by atoms with Crippen LogP contribution in [0.1, 0.15) is 11.8 Å². The fourth-order valence-corrected chi connectivity index (χ4v) is 5.33. The highest BCUT2D eigenvalue weighted by molar-refractivity contribution is 9.10. The molecular weight excluding hydrogens is 615 g/mol. The Bertz CT molecular complexity index is 1770. The third kappa shape index (κ3) is 5.34. The SMILES string of the molecule is CN(Cc1cccc(F)c1)c1ncnc2c1ncn2[C@@H]1O[C@H](COC(=O)Nc2ccc3nccnc3c2Br)[C@@H](O)[C@H]1O. The second kappa shape index (κ2) is 11.5. The number of aliphatic hydroxyl groups excluding tert-OH is 2. The zero-order chi connectivity index (χ0) is 29.4. The number of halogens is 2. The van der Waals surface area contributed by atoms with Gasteiger partial charge in [0.05, 0.1) is 22.0 Å². The lowest BCUT2D eigenvalue weighted by atomic mass is 10.1. The highest BCUT2D eigenvalue weighted by Crippen LogP contribution is 2.33. The maximum Gasteiger partial charge on any atom is 0.411 e. The quantitative estimate of drug-likeness (QED) is 0.240. The van der Waals surface area contributed by atoms with E-state index in [2.05, 4.69) is 46.2 Å². The van der Waals surface area contributed by atoms with E-state index < -0.39 is 30.6 Å². The van der Waals surface area contributed by atoms with Gasteiger partial charge in [0.2, 0.25) is 0 Å². The van der Waals surface area contributed by atoms with Gasteiger partial charge in [-0.15, -0.1) is 0 Å². The number of benzene rings is 2. The van der Waals surface area contributed by atoms with Gasteiger partial charge < -0.3 is 24.6 Å². The Morgan fingerprint density at radius 2 is 1.95 bits per heavy atom. The normalized spacial score (nSPS) is 20.2. The lowest BCUT2D eigenvalue weighted by Crippen LogP contribution is -2.34. The summed E-state index contributed by atoms with van der Waals surface area (Å²) in [5.74, 6) is 0.148. The molecule has 0 spiro atoms. The first kappa shape index (κ1) is 27.8. The number of anilines is 2. The van der Waals surface area contributed by atoms with Gasteiger partial charge in [0, 0.05) is 26.0 Å². The highest BCUT2D eigenvalue weighted by Gasteiger charge is 2.45. The van der Waals surface area contributed by atoms with Crippen LogP contribution in [0.4, 0.5) is 20.7 Å². The van der Waals surface area contributed by atoms with Gasteiger partial charge >= 0.3 is 6.09 Å². The van der Waals surface area contributed by atoms with E-state index in [9.17, 15) is 19.4 Å². The van der Waals surface area contributed by atoms with E-state index >= 15 is 0 Å². The van der Waals surface area contributed by atoms with E-state index in [4.69, 9.17) is 9.47 Å². The largest absolute Gasteiger partial charge is 0.446 e. The van der Waals surface area contributed by atoms with Crippen molar-refractivity contribution < 1.29 is 28.9 Å². The van der Waals surface area contributed by atoms with Crippen LogP contribution < -0.4 is 10.2 Å². The molecule has 1 amide bonds. The molecule has 216 valence electrons. The van der Waals surface area contributed by atoms with Gasteiger partial charge in [-0.3, -0.25) is 19.9 Å². The summed E-state index contributed by atoms with van der Waals surface area (Å²) < 4.78 is 26.9. The zero-order valence-electron chi connectivity index (χ0n) is 22.0. The number of fused-ring (bicyclic) bond motifs is 2. The molecule has 0 saturated carbocycles. The molecule has 5 aromatic rings. The molecule has 3 N–H and O–H groups in total. The van der Waals surface area contributed by atoms with E-state index in [1.165, 1.54) is 35.6 Å². The summed E-state index contributed by atoms with van der Waals surface area (Å²) in [6.07, 6.45) is 0.262. The van der Waals surface area contributed by atoms with Crippen molar-refractivity contribution in [1.29, 1.82) is 0 Å². The first-order valence-corrected chi connectivity index (χ1v) is 13.6. The summed E-state index contributed by atoms with van der Waals surface area (Å²) in [5, 5.41) is 24.1. The first-order chi connectivity index (χ1) is 20.3. The van der Waals surface area contributed by atoms with Gasteiger partial charge in [-0.2, -0.15) is 0 Å². The number of imidazole rings is 1. The van der Waals surface area contributed by atoms with Crippen LogP contribution in [0.2, 0.25) is 0 Å². The van der Waals surface area contributed by atoms with Crippen LogP contribution in [-0.2, 0) is 16.0 Å². The predicted octanol–water partition coefficient (Wildman–Crippen LogP) is 3.18. The van der Waals surface area contributed by atoms with E-state index in [0.717, 1.165) is 5.56 Å². The number of aromatic nitrogens is 6. The topological polar surface area (TPSA) is 161 Å². The number of carbonyl (C=O) groups is 1. The highest BCUT2D eigenvalue weighted by atomic mass is 79.9. The summed E-state index contributed by atoms with van der Waals surface area (Å²) in [6.45, 7) is 0.0253. The second-order valence-corrected chi connectivity index (χ2v) is 10.4. The molecule has 1 fully saturated rings. The Morgan fingerprint density at radius 3 is 2.79 bits per heavy atom. The maximum absolute atomic E-state index is 13.7. The van der Waals surface area contributed by atoms with Crippen LogP contribution in [-0.4, -0.2) is 77.8 Å². The number of ether oxygens (including phenoxy) is 2. The molecule has 15 heteroatoms. The van der Waals surface area contributed by atoms with Crippen molar-refractivity contribution >= 4 is 55.7 Å². The molecule has 3 aromatic heterocycles. The van der Waals surface area contributed by atoms with E-state index in [1.54, 1.807) is 42.4 Å². The van der Waals surface area contributed by atoms with E-state index in [-0.39, 0.29) is 12.4 Å². The van der Waals surface area contributed by atoms with Gasteiger partial charge in [0.15, 0.2) is 23.2 Å². The number of aliphatic hydroxyl groups is 2. The van der Waals surface area contributed by atoms with Crippen LogP contribution >= 0.6 is 15.9 Å². The van der Waals surface area contributed by atoms with Crippen LogP contribution in [0.25, 0.3) is 22.2 Å². The molecule has 1 aliphatic rings. The average Bonchev–Trinajstić information content (AvgIpc) is 3.54. The molecule has 4 atom stereocenters. The predicted molar refractivity (Wildman–Crippen MR) is 152 cm³/mol. The zero-order valence-corrected chi connectivity index (χ0v) is 23.6. The molecule has 0 unspecified atom stereocenters. The van der Waals surface area contributed by atoms with Crippen LogP contribution in [0.15, 0.2) is 65.9 Å². The number of amides is 1. The lowest BCUT2D eigenvalue weighted by molar-refractivity contribution is -0.0522. The molecule has 13 nitrogen and oxygen atoms in total. The summed E-state index contributed by atoms with van der Waals surface area (Å²) >= 11 is 3.42. The van der Waals surface area contributed by atoms with Crippen LogP contribution in [0, 0.1) is 5.82 Å². The van der Waals surface area contributed by atoms with Gasteiger partial charge in [0.1, 0.15) is 42.6 Å². The Kier molecular flexibility index (Phi) is 7.64. The summed E-state index contributed by atoms with van der Waals surface area (Å²) in [6, 6.07) is 9.61. The molecule has 0 bridgehead atoms. The molecule has 0 aliphatic carbocycles. The molecular formula is C27H24BrFN8O5. The Balaban J connectivity index is 1.13. The minimum atomic E-state index is -1.37. The molecule has 0 radical (unpaired) electrons. The van der Waals surface area contributed by atoms with E-state index in [1.807, 2.05) is 0 Å². The van der Waals surface area contributed by atoms with Crippen molar-refractivity contribution in [3.63, 3.8) is 0 Å². The number of nitrogens with zero attached hydrogens (tertiary/aromatic N) is 7. The Morgan fingerprint density at radius 1 is 1.12 bits per heavy atom. The Hall–Kier alpha value is -4.31. The lowest BCUT2D eigenvalue weighted by Gasteiger charge is -2.19. The molecule has 2 aromatic carbocycles. The van der Waals surface area contributed by atoms with Crippen molar-refractivity contribution in [2.24, 2.45) is 0 Å². The van der Waals surface area contributed by atoms with E-state index in [0.29, 0.717) is 44.7 Å². The van der Waals surface area contributed by atoms with Crippen LogP contribution in [0.3, 0.4) is 0 Å². The number of hydrogen-bond acceptors (Lipinski definition) is 11. The van der Waals surface area contributed by atoms with Crippen LogP contribution in [0.5, 0.6) is 0 Å². The van der Waals surface area contributed by atoms with Crippen molar-refractivity contribution in [2.75, 3.05) is 23.9 Å². The summed E-state index contributed by atoms with van der Waals surface area (Å²) in [7, 11) is 1.79. The molecule has 1 aliphatic heterocycles. The van der Waals surface area contributed by atoms with Gasteiger partial charge in [0.25, 0.3) is 0 Å². The number of nitrogens with one attached hydrogen (secondary N) is 1. The molecule has 42 heavy (non-hydrogen) atoms. The minimum Gasteiger partial charge on any atom is -0.446 e. The van der Waals surface area contributed by atoms with Crippen molar-refractivity contribution in [1.82, 2.24) is 29.5 Å². The van der Waals surface area contributed by atoms with Gasteiger partial charge in [-0.25, -0.2) is 24.1 Å². The summed E-state index contributed by atoms with van der Waals surface area (Å²) in [4.78, 5) is 35.9. The fraction of sp³-hybridized carbons (Fsp3) is 0.259. The average molecular weight is 639 g/mol. The number of carbonyl (C=O) groups excluding carboxylic acids is 1. The fourth-order valence-electron chi connectivity index (χ4n) is 4.79. The molecule has 6 rings (SSSR count). The third-order valence-electron chi connectivity index (χ3n) is 6.82. The minimum absolute atomic E-state index is 0.337. The monoisotopic (exact) mass is 638 g/mol.